The lowest BCUT2D eigenvalue weighted by Gasteiger charge is -2.38. The van der Waals surface area contributed by atoms with Gasteiger partial charge in [0, 0.05) is 19.6 Å². The topological polar surface area (TPSA) is 38.7 Å². The molecule has 1 spiro atoms. The van der Waals surface area contributed by atoms with Crippen molar-refractivity contribution in [2.75, 3.05) is 19.8 Å². The molecule has 0 amide bonds. The smallest absolute Gasteiger partial charge is 0.0940 e. The average Bonchev–Trinajstić information content (AvgIpc) is 2.53. The molecule has 3 heteroatoms. The quantitative estimate of drug-likeness (QED) is 0.662. The molecule has 1 N–H and O–H groups in total. The molecule has 0 aromatic rings. The first-order valence-electron chi connectivity index (χ1n) is 5.12. The van der Waals surface area contributed by atoms with E-state index in [1.807, 2.05) is 6.92 Å². The predicted molar refractivity (Wildman–Crippen MR) is 48.5 cm³/mol. The van der Waals surface area contributed by atoms with E-state index >= 15 is 0 Å². The lowest BCUT2D eigenvalue weighted by molar-refractivity contribution is -0.114. The van der Waals surface area contributed by atoms with Crippen molar-refractivity contribution in [3.8, 4) is 0 Å². The van der Waals surface area contributed by atoms with E-state index in [0.717, 1.165) is 39.1 Å². The minimum atomic E-state index is -0.207. The summed E-state index contributed by atoms with van der Waals surface area (Å²) in [6.45, 7) is 4.18. The number of hydrogen-bond acceptors (Lipinski definition) is 3. The molecule has 0 aromatic carbocycles. The number of aliphatic hydroxyl groups is 1. The number of aliphatic hydroxyl groups excluding tert-OH is 1. The fourth-order valence-corrected chi connectivity index (χ4v) is 2.34. The highest BCUT2D eigenvalue weighted by molar-refractivity contribution is 4.91. The lowest BCUT2D eigenvalue weighted by Crippen LogP contribution is -2.42. The van der Waals surface area contributed by atoms with E-state index in [1.165, 1.54) is 0 Å². The second-order valence-electron chi connectivity index (χ2n) is 4.33. The summed E-state index contributed by atoms with van der Waals surface area (Å²) >= 11 is 0. The van der Waals surface area contributed by atoms with Gasteiger partial charge < -0.3 is 14.6 Å². The van der Waals surface area contributed by atoms with Gasteiger partial charge in [-0.25, -0.2) is 0 Å². The molecule has 3 unspecified atom stereocenters. The third-order valence-electron chi connectivity index (χ3n) is 3.28. The molecule has 2 aliphatic rings. The summed E-state index contributed by atoms with van der Waals surface area (Å²) in [5.41, 5.74) is -0.0556. The third kappa shape index (κ3) is 1.87. The van der Waals surface area contributed by atoms with Crippen molar-refractivity contribution >= 4 is 0 Å². The second kappa shape index (κ2) is 3.56. The predicted octanol–water partition coefficient (Wildman–Crippen LogP) is 0.953. The second-order valence-corrected chi connectivity index (χ2v) is 4.33. The summed E-state index contributed by atoms with van der Waals surface area (Å²) in [5.74, 6) is 0.399. The van der Waals surface area contributed by atoms with Crippen molar-refractivity contribution < 1.29 is 14.6 Å². The zero-order valence-corrected chi connectivity index (χ0v) is 8.16. The summed E-state index contributed by atoms with van der Waals surface area (Å²) in [5, 5.41) is 9.52. The van der Waals surface area contributed by atoms with Gasteiger partial charge in [-0.05, 0) is 25.7 Å². The van der Waals surface area contributed by atoms with E-state index < -0.39 is 0 Å². The molecule has 2 heterocycles. The van der Waals surface area contributed by atoms with Crippen LogP contribution in [0.2, 0.25) is 0 Å². The van der Waals surface area contributed by atoms with Crippen LogP contribution < -0.4 is 0 Å². The van der Waals surface area contributed by atoms with Crippen molar-refractivity contribution in [2.45, 2.75) is 37.9 Å². The third-order valence-corrected chi connectivity index (χ3v) is 3.28. The van der Waals surface area contributed by atoms with E-state index in [9.17, 15) is 5.11 Å². The highest BCUT2D eigenvalue weighted by atomic mass is 16.6. The first-order chi connectivity index (χ1) is 6.22. The molecule has 76 valence electrons. The van der Waals surface area contributed by atoms with Crippen LogP contribution in [0.5, 0.6) is 0 Å². The summed E-state index contributed by atoms with van der Waals surface area (Å²) < 4.78 is 11.1. The van der Waals surface area contributed by atoms with Crippen molar-refractivity contribution in [3.63, 3.8) is 0 Å². The Morgan fingerprint density at radius 1 is 1.46 bits per heavy atom. The first-order valence-corrected chi connectivity index (χ1v) is 5.12. The van der Waals surface area contributed by atoms with Crippen LogP contribution in [0.15, 0.2) is 0 Å². The van der Waals surface area contributed by atoms with Gasteiger partial charge in [0.15, 0.2) is 0 Å². The summed E-state index contributed by atoms with van der Waals surface area (Å²) in [6.07, 6.45) is 2.74. The molecular weight excluding hydrogens is 168 g/mol. The number of rotatable bonds is 1. The molecule has 2 aliphatic heterocycles. The average molecular weight is 186 g/mol. The highest BCUT2D eigenvalue weighted by Crippen LogP contribution is 2.36. The SMILES string of the molecule is CC(O)C1CCOC2(CCOC2)C1. The Kier molecular flexibility index (Phi) is 2.58. The van der Waals surface area contributed by atoms with Gasteiger partial charge in [-0.1, -0.05) is 0 Å². The van der Waals surface area contributed by atoms with Crippen LogP contribution in [0.25, 0.3) is 0 Å². The van der Waals surface area contributed by atoms with Crippen LogP contribution in [-0.2, 0) is 9.47 Å². The standard InChI is InChI=1S/C10H18O3/c1-8(11)9-2-4-13-10(6-9)3-5-12-7-10/h8-9,11H,2-7H2,1H3. The van der Waals surface area contributed by atoms with Gasteiger partial charge in [-0.15, -0.1) is 0 Å². The molecule has 0 aromatic heterocycles. The van der Waals surface area contributed by atoms with Crippen LogP contribution in [0.1, 0.15) is 26.2 Å². The Labute approximate surface area is 79.0 Å². The summed E-state index contributed by atoms with van der Waals surface area (Å²) in [6, 6.07) is 0. The maximum atomic E-state index is 9.52. The van der Waals surface area contributed by atoms with Gasteiger partial charge in [0.1, 0.15) is 0 Å². The maximum Gasteiger partial charge on any atom is 0.0940 e. The maximum absolute atomic E-state index is 9.52. The molecular formula is C10H18O3. The molecule has 2 fully saturated rings. The van der Waals surface area contributed by atoms with Crippen molar-refractivity contribution in [1.82, 2.24) is 0 Å². The number of hydrogen-bond donors (Lipinski definition) is 1. The fraction of sp³-hybridized carbons (Fsp3) is 1.00. The van der Waals surface area contributed by atoms with E-state index in [-0.39, 0.29) is 11.7 Å². The molecule has 3 atom stereocenters. The molecule has 13 heavy (non-hydrogen) atoms. The van der Waals surface area contributed by atoms with Crippen LogP contribution in [0, 0.1) is 5.92 Å². The zero-order valence-electron chi connectivity index (χ0n) is 8.16. The Hall–Kier alpha value is -0.120. The Morgan fingerprint density at radius 2 is 2.31 bits per heavy atom. The van der Waals surface area contributed by atoms with Crippen LogP contribution in [0.3, 0.4) is 0 Å². The van der Waals surface area contributed by atoms with Crippen LogP contribution in [-0.4, -0.2) is 36.6 Å². The lowest BCUT2D eigenvalue weighted by atomic mass is 9.83. The molecule has 0 aliphatic carbocycles. The van der Waals surface area contributed by atoms with Gasteiger partial charge in [0.05, 0.1) is 18.3 Å². The molecule has 2 rings (SSSR count). The van der Waals surface area contributed by atoms with Crippen molar-refractivity contribution in [3.05, 3.63) is 0 Å². The largest absolute Gasteiger partial charge is 0.393 e. The van der Waals surface area contributed by atoms with E-state index in [2.05, 4.69) is 0 Å². The number of ether oxygens (including phenoxy) is 2. The normalized spacial score (nSPS) is 42.5. The highest BCUT2D eigenvalue weighted by Gasteiger charge is 2.41. The van der Waals surface area contributed by atoms with Crippen LogP contribution >= 0.6 is 0 Å². The minimum absolute atomic E-state index is 0.0556. The molecule has 0 saturated carbocycles. The summed E-state index contributed by atoms with van der Waals surface area (Å²) in [7, 11) is 0. The molecule has 0 bridgehead atoms. The van der Waals surface area contributed by atoms with E-state index in [0.29, 0.717) is 5.92 Å². The monoisotopic (exact) mass is 186 g/mol. The van der Waals surface area contributed by atoms with Gasteiger partial charge in [-0.3, -0.25) is 0 Å². The van der Waals surface area contributed by atoms with Gasteiger partial charge >= 0.3 is 0 Å². The van der Waals surface area contributed by atoms with E-state index in [4.69, 9.17) is 9.47 Å². The molecule has 2 saturated heterocycles. The Bertz CT molecular complexity index is 173. The van der Waals surface area contributed by atoms with Crippen molar-refractivity contribution in [2.24, 2.45) is 5.92 Å². The summed E-state index contributed by atoms with van der Waals surface area (Å²) in [4.78, 5) is 0. The van der Waals surface area contributed by atoms with Gasteiger partial charge in [0.25, 0.3) is 0 Å². The van der Waals surface area contributed by atoms with Gasteiger partial charge in [-0.2, -0.15) is 0 Å². The van der Waals surface area contributed by atoms with Gasteiger partial charge in [0.2, 0.25) is 0 Å². The Balaban J connectivity index is 1.98. The minimum Gasteiger partial charge on any atom is -0.393 e. The fourth-order valence-electron chi connectivity index (χ4n) is 2.34. The first kappa shape index (κ1) is 9.44. The molecule has 3 nitrogen and oxygen atoms in total. The molecule has 0 radical (unpaired) electrons. The van der Waals surface area contributed by atoms with E-state index in [1.54, 1.807) is 0 Å². The zero-order chi connectivity index (χ0) is 9.31. The van der Waals surface area contributed by atoms with Crippen LogP contribution in [0.4, 0.5) is 0 Å². The Morgan fingerprint density at radius 3 is 2.92 bits per heavy atom. The van der Waals surface area contributed by atoms with Crippen molar-refractivity contribution in [1.29, 1.82) is 0 Å².